The zero-order chi connectivity index (χ0) is 11.4. The molecule has 0 spiro atoms. The highest BCUT2D eigenvalue weighted by atomic mass is 16.5. The number of hydrogen-bond acceptors (Lipinski definition) is 4. The summed E-state index contributed by atoms with van der Waals surface area (Å²) >= 11 is 0. The number of nitrogens with one attached hydrogen (secondary N) is 1. The molecular weight excluding hydrogens is 194 g/mol. The maximum Gasteiger partial charge on any atom is 0.0700 e. The highest BCUT2D eigenvalue weighted by Gasteiger charge is 1.97. The molecule has 0 aromatic carbocycles. The molecule has 0 saturated carbocycles. The molecule has 1 N–H and O–H groups in total. The fourth-order valence-corrected chi connectivity index (χ4v) is 1.03. The number of ether oxygens (including phenoxy) is 3. The van der Waals surface area contributed by atoms with Gasteiger partial charge in [-0.15, -0.1) is 0 Å². The SMILES string of the molecule is CNC(C)CCOCCOCCCOC. The van der Waals surface area contributed by atoms with E-state index in [0.29, 0.717) is 19.3 Å². The van der Waals surface area contributed by atoms with Gasteiger partial charge in [-0.3, -0.25) is 0 Å². The van der Waals surface area contributed by atoms with Gasteiger partial charge in [0, 0.05) is 33.0 Å². The second-order valence-electron chi connectivity index (χ2n) is 3.55. The molecule has 0 radical (unpaired) electrons. The zero-order valence-electron chi connectivity index (χ0n) is 10.3. The van der Waals surface area contributed by atoms with Crippen LogP contribution in [0.3, 0.4) is 0 Å². The van der Waals surface area contributed by atoms with E-state index < -0.39 is 0 Å². The van der Waals surface area contributed by atoms with E-state index in [2.05, 4.69) is 12.2 Å². The first kappa shape index (κ1) is 14.8. The van der Waals surface area contributed by atoms with Crippen molar-refractivity contribution < 1.29 is 14.2 Å². The van der Waals surface area contributed by atoms with Gasteiger partial charge in [-0.25, -0.2) is 0 Å². The summed E-state index contributed by atoms with van der Waals surface area (Å²) < 4.78 is 15.7. The Morgan fingerprint density at radius 1 is 1.00 bits per heavy atom. The van der Waals surface area contributed by atoms with Crippen LogP contribution in [0.4, 0.5) is 0 Å². The third-order valence-electron chi connectivity index (χ3n) is 2.20. The minimum absolute atomic E-state index is 0.521. The van der Waals surface area contributed by atoms with Gasteiger partial charge in [-0.1, -0.05) is 0 Å². The number of methoxy groups -OCH3 is 1. The molecule has 4 nitrogen and oxygen atoms in total. The van der Waals surface area contributed by atoms with E-state index in [4.69, 9.17) is 14.2 Å². The molecule has 15 heavy (non-hydrogen) atoms. The Morgan fingerprint density at radius 2 is 1.67 bits per heavy atom. The standard InChI is InChI=1S/C11H25NO3/c1-11(12-2)5-8-15-10-9-14-7-4-6-13-3/h11-12H,4-10H2,1-3H3. The van der Waals surface area contributed by atoms with E-state index in [1.807, 2.05) is 7.05 Å². The summed E-state index contributed by atoms with van der Waals surface area (Å²) in [4.78, 5) is 0. The van der Waals surface area contributed by atoms with Gasteiger partial charge in [0.05, 0.1) is 13.2 Å². The van der Waals surface area contributed by atoms with Crippen molar-refractivity contribution in [2.45, 2.75) is 25.8 Å². The Balaban J connectivity index is 2.92. The first-order valence-electron chi connectivity index (χ1n) is 5.63. The van der Waals surface area contributed by atoms with Crippen molar-refractivity contribution in [3.05, 3.63) is 0 Å². The van der Waals surface area contributed by atoms with Crippen LogP contribution in [0, 0.1) is 0 Å². The van der Waals surface area contributed by atoms with Gasteiger partial charge in [0.15, 0.2) is 0 Å². The van der Waals surface area contributed by atoms with Crippen LogP contribution in [-0.2, 0) is 14.2 Å². The van der Waals surface area contributed by atoms with Gasteiger partial charge in [0.1, 0.15) is 0 Å². The van der Waals surface area contributed by atoms with Gasteiger partial charge in [0.25, 0.3) is 0 Å². The lowest BCUT2D eigenvalue weighted by Gasteiger charge is -2.10. The van der Waals surface area contributed by atoms with Crippen LogP contribution < -0.4 is 5.32 Å². The molecular formula is C11H25NO3. The minimum atomic E-state index is 0.521. The lowest BCUT2D eigenvalue weighted by atomic mass is 10.2. The molecule has 1 atom stereocenters. The zero-order valence-corrected chi connectivity index (χ0v) is 10.3. The summed E-state index contributed by atoms with van der Waals surface area (Å²) in [5.41, 5.74) is 0. The van der Waals surface area contributed by atoms with Gasteiger partial charge >= 0.3 is 0 Å². The second kappa shape index (κ2) is 11.9. The Morgan fingerprint density at radius 3 is 2.27 bits per heavy atom. The predicted molar refractivity (Wildman–Crippen MR) is 61.3 cm³/mol. The van der Waals surface area contributed by atoms with Crippen LogP contribution in [-0.4, -0.2) is 53.2 Å². The predicted octanol–water partition coefficient (Wildman–Crippen LogP) is 1.05. The maximum atomic E-state index is 5.42. The van der Waals surface area contributed by atoms with Crippen LogP contribution in [0.25, 0.3) is 0 Å². The van der Waals surface area contributed by atoms with Crippen LogP contribution >= 0.6 is 0 Å². The number of rotatable bonds is 11. The van der Waals surface area contributed by atoms with Crippen molar-refractivity contribution in [2.75, 3.05) is 47.2 Å². The average molecular weight is 219 g/mol. The summed E-state index contributed by atoms with van der Waals surface area (Å²) in [6, 6.07) is 0.521. The first-order chi connectivity index (χ1) is 7.31. The highest BCUT2D eigenvalue weighted by Crippen LogP contribution is 1.90. The lowest BCUT2D eigenvalue weighted by molar-refractivity contribution is 0.0376. The quantitative estimate of drug-likeness (QED) is 0.527. The van der Waals surface area contributed by atoms with Crippen LogP contribution in [0.2, 0.25) is 0 Å². The van der Waals surface area contributed by atoms with Crippen LogP contribution in [0.1, 0.15) is 19.8 Å². The van der Waals surface area contributed by atoms with Crippen molar-refractivity contribution in [3.8, 4) is 0 Å². The molecule has 0 aromatic rings. The van der Waals surface area contributed by atoms with Crippen molar-refractivity contribution in [1.29, 1.82) is 0 Å². The van der Waals surface area contributed by atoms with Crippen LogP contribution in [0.5, 0.6) is 0 Å². The molecule has 0 heterocycles. The maximum absolute atomic E-state index is 5.42. The molecule has 4 heteroatoms. The van der Waals surface area contributed by atoms with E-state index in [1.54, 1.807) is 7.11 Å². The molecule has 0 rings (SSSR count). The van der Waals surface area contributed by atoms with Crippen molar-refractivity contribution >= 4 is 0 Å². The molecule has 0 aliphatic rings. The van der Waals surface area contributed by atoms with Crippen molar-refractivity contribution in [3.63, 3.8) is 0 Å². The van der Waals surface area contributed by atoms with Gasteiger partial charge in [-0.2, -0.15) is 0 Å². The minimum Gasteiger partial charge on any atom is -0.385 e. The normalized spacial score (nSPS) is 13.0. The van der Waals surface area contributed by atoms with E-state index in [1.165, 1.54) is 0 Å². The summed E-state index contributed by atoms with van der Waals surface area (Å²) in [5, 5.41) is 3.17. The monoisotopic (exact) mass is 219 g/mol. The summed E-state index contributed by atoms with van der Waals surface area (Å²) in [7, 11) is 3.66. The lowest BCUT2D eigenvalue weighted by Crippen LogP contribution is -2.23. The number of hydrogen-bond donors (Lipinski definition) is 1. The summed E-state index contributed by atoms with van der Waals surface area (Å²) in [6.07, 6.45) is 1.99. The Bertz CT molecular complexity index is 122. The molecule has 0 aliphatic heterocycles. The highest BCUT2D eigenvalue weighted by molar-refractivity contribution is 4.54. The molecule has 0 bridgehead atoms. The summed E-state index contributed by atoms with van der Waals surface area (Å²) in [5.74, 6) is 0. The third kappa shape index (κ3) is 11.8. The Labute approximate surface area is 93.3 Å². The van der Waals surface area contributed by atoms with Crippen molar-refractivity contribution in [1.82, 2.24) is 5.32 Å². The van der Waals surface area contributed by atoms with E-state index >= 15 is 0 Å². The van der Waals surface area contributed by atoms with Gasteiger partial charge in [0.2, 0.25) is 0 Å². The van der Waals surface area contributed by atoms with E-state index in [-0.39, 0.29) is 0 Å². The van der Waals surface area contributed by atoms with Gasteiger partial charge in [-0.05, 0) is 26.8 Å². The Kier molecular flexibility index (Phi) is 11.8. The molecule has 1 unspecified atom stereocenters. The molecule has 0 fully saturated rings. The Hall–Kier alpha value is -0.160. The van der Waals surface area contributed by atoms with Crippen molar-refractivity contribution in [2.24, 2.45) is 0 Å². The average Bonchev–Trinajstić information content (AvgIpc) is 2.26. The topological polar surface area (TPSA) is 39.7 Å². The van der Waals surface area contributed by atoms with Gasteiger partial charge < -0.3 is 19.5 Å². The molecule has 0 aliphatic carbocycles. The molecule has 0 amide bonds. The fourth-order valence-electron chi connectivity index (χ4n) is 1.03. The molecule has 92 valence electrons. The van der Waals surface area contributed by atoms with E-state index in [9.17, 15) is 0 Å². The second-order valence-corrected chi connectivity index (χ2v) is 3.55. The molecule has 0 saturated heterocycles. The fraction of sp³-hybridized carbons (Fsp3) is 1.00. The van der Waals surface area contributed by atoms with E-state index in [0.717, 1.165) is 32.7 Å². The third-order valence-corrected chi connectivity index (χ3v) is 2.20. The smallest absolute Gasteiger partial charge is 0.0700 e. The first-order valence-corrected chi connectivity index (χ1v) is 5.63. The molecule has 0 aromatic heterocycles. The summed E-state index contributed by atoms with van der Waals surface area (Å²) in [6.45, 7) is 5.82. The van der Waals surface area contributed by atoms with Crippen LogP contribution in [0.15, 0.2) is 0 Å². The largest absolute Gasteiger partial charge is 0.385 e.